The summed E-state index contributed by atoms with van der Waals surface area (Å²) in [6, 6.07) is 15.9. The quantitative estimate of drug-likeness (QED) is 0.0579. The molecule has 0 spiro atoms. The molecular formula is C43H66N2O6. The number of unbranched alkanes of at least 4 members (excludes halogenated alkanes) is 6. The number of alkyl carbamates (subject to hydrolysis) is 1. The summed E-state index contributed by atoms with van der Waals surface area (Å²) < 4.78 is 15.3. The minimum absolute atomic E-state index is 0. The highest BCUT2D eigenvalue weighted by atomic mass is 16.5. The van der Waals surface area contributed by atoms with Gasteiger partial charge in [0.15, 0.2) is 0 Å². The Morgan fingerprint density at radius 2 is 1.24 bits per heavy atom. The Bertz CT molecular complexity index is 1360. The number of ether oxygens (including phenoxy) is 3. The van der Waals surface area contributed by atoms with E-state index in [9.17, 15) is 9.59 Å². The van der Waals surface area contributed by atoms with Gasteiger partial charge in [-0.1, -0.05) is 87.7 Å². The Labute approximate surface area is 309 Å². The van der Waals surface area contributed by atoms with E-state index in [1.807, 2.05) is 90.1 Å². The molecule has 2 aromatic carbocycles. The molecule has 8 nitrogen and oxygen atoms in total. The van der Waals surface area contributed by atoms with Crippen molar-refractivity contribution in [1.29, 1.82) is 0 Å². The predicted molar refractivity (Wildman–Crippen MR) is 214 cm³/mol. The third kappa shape index (κ3) is 22.9. The highest BCUT2D eigenvalue weighted by Gasteiger charge is 2.24. The Morgan fingerprint density at radius 1 is 0.784 bits per heavy atom. The molecule has 8 heteroatoms. The number of allylic oxidation sites excluding steroid dienone is 2. The molecule has 0 aliphatic carbocycles. The third-order valence-corrected chi connectivity index (χ3v) is 7.67. The standard InChI is InChI=1S/C21H31NO3.C13H15NO.C8H16O2.CH4/c1-6-24-14-9-7-8-10-15-25-20(23)22-21(4,5)19-13-11-12-18(16-19)17(2)3;1-10(2)11-6-5-7-12(8-11)13(3,4)14-9-15;1-2-10-8-6-4-3-5-7-9;/h6,11-13,16H,1-2,7-10,14-15H2,3-5H3,(H,22,23);5-8H,1H2,2-4H3;2,9H,1,3-8H2;1H4. The first-order valence-corrected chi connectivity index (χ1v) is 17.4. The Morgan fingerprint density at radius 3 is 1.69 bits per heavy atom. The molecule has 51 heavy (non-hydrogen) atoms. The van der Waals surface area contributed by atoms with Crippen LogP contribution in [0.25, 0.3) is 11.1 Å². The van der Waals surface area contributed by atoms with Crippen LogP contribution in [0.5, 0.6) is 0 Å². The van der Waals surface area contributed by atoms with Crippen molar-refractivity contribution in [3.63, 3.8) is 0 Å². The molecule has 2 rings (SSSR count). The summed E-state index contributed by atoms with van der Waals surface area (Å²) in [5.74, 6) is 0. The van der Waals surface area contributed by atoms with Crippen LogP contribution < -0.4 is 5.32 Å². The fourth-order valence-electron chi connectivity index (χ4n) is 4.50. The van der Waals surface area contributed by atoms with Gasteiger partial charge in [0, 0.05) is 6.61 Å². The zero-order chi connectivity index (χ0) is 37.8. The van der Waals surface area contributed by atoms with Gasteiger partial charge in [-0.05, 0) is 121 Å². The van der Waals surface area contributed by atoms with Crippen molar-refractivity contribution in [2.24, 2.45) is 4.99 Å². The van der Waals surface area contributed by atoms with Crippen LogP contribution in [0.1, 0.15) is 123 Å². The lowest BCUT2D eigenvalue weighted by atomic mass is 9.92. The zero-order valence-corrected chi connectivity index (χ0v) is 31.5. The second-order valence-corrected chi connectivity index (χ2v) is 13.0. The van der Waals surface area contributed by atoms with Crippen molar-refractivity contribution in [3.05, 3.63) is 110 Å². The summed E-state index contributed by atoms with van der Waals surface area (Å²) in [6.07, 6.45) is 12.3. The number of isocyanates is 1. The molecule has 0 atom stereocenters. The maximum Gasteiger partial charge on any atom is 0.407 e. The van der Waals surface area contributed by atoms with E-state index in [1.165, 1.54) is 12.5 Å². The molecule has 0 aliphatic heterocycles. The van der Waals surface area contributed by atoms with E-state index in [0.29, 0.717) is 19.8 Å². The van der Waals surface area contributed by atoms with Gasteiger partial charge in [-0.2, -0.15) is 4.99 Å². The summed E-state index contributed by atoms with van der Waals surface area (Å²) in [4.78, 5) is 26.1. The van der Waals surface area contributed by atoms with Crippen LogP contribution in [0.2, 0.25) is 0 Å². The second-order valence-electron chi connectivity index (χ2n) is 13.0. The molecule has 0 saturated heterocycles. The number of aliphatic hydroxyl groups is 1. The largest absolute Gasteiger partial charge is 0.502 e. The molecule has 1 amide bonds. The lowest BCUT2D eigenvalue weighted by Gasteiger charge is -2.27. The third-order valence-electron chi connectivity index (χ3n) is 7.67. The number of nitrogens with one attached hydrogen (secondary N) is 1. The van der Waals surface area contributed by atoms with Gasteiger partial charge in [-0.15, -0.1) is 0 Å². The van der Waals surface area contributed by atoms with Gasteiger partial charge in [0.1, 0.15) is 0 Å². The normalized spacial score (nSPS) is 10.3. The fraction of sp³-hybridized carbons (Fsp3) is 0.488. The molecule has 0 saturated carbocycles. The van der Waals surface area contributed by atoms with Crippen molar-refractivity contribution in [1.82, 2.24) is 5.32 Å². The summed E-state index contributed by atoms with van der Waals surface area (Å²) in [5, 5.41) is 11.4. The van der Waals surface area contributed by atoms with Crippen LogP contribution in [0.4, 0.5) is 4.79 Å². The van der Waals surface area contributed by atoms with E-state index in [-0.39, 0.29) is 13.5 Å². The Hall–Kier alpha value is -4.39. The molecule has 0 fully saturated rings. The summed E-state index contributed by atoms with van der Waals surface area (Å²) in [5.41, 5.74) is 5.13. The van der Waals surface area contributed by atoms with Gasteiger partial charge in [0.2, 0.25) is 6.08 Å². The highest BCUT2D eigenvalue weighted by molar-refractivity contribution is 5.69. The first-order valence-electron chi connectivity index (χ1n) is 17.4. The van der Waals surface area contributed by atoms with Gasteiger partial charge >= 0.3 is 6.09 Å². The number of hydrogen-bond acceptors (Lipinski definition) is 7. The number of carbonyl (C=O) groups excluding carboxylic acids is 2. The number of nitrogens with zero attached hydrogens (tertiary/aromatic N) is 1. The Kier molecular flexibility index (Phi) is 27.1. The monoisotopic (exact) mass is 706 g/mol. The molecule has 0 unspecified atom stereocenters. The molecular weight excluding hydrogens is 640 g/mol. The van der Waals surface area contributed by atoms with Crippen LogP contribution >= 0.6 is 0 Å². The summed E-state index contributed by atoms with van der Waals surface area (Å²) >= 11 is 0. The zero-order valence-electron chi connectivity index (χ0n) is 31.5. The van der Waals surface area contributed by atoms with Gasteiger partial charge in [-0.3, -0.25) is 0 Å². The van der Waals surface area contributed by atoms with E-state index in [0.717, 1.165) is 91.4 Å². The van der Waals surface area contributed by atoms with Crippen LogP contribution in [0.15, 0.2) is 92.4 Å². The number of aliphatic imine (C=N–C) groups is 1. The van der Waals surface area contributed by atoms with Crippen molar-refractivity contribution in [2.45, 2.75) is 111 Å². The molecule has 284 valence electrons. The number of hydrogen-bond donors (Lipinski definition) is 2. The number of carbonyl (C=O) groups is 1. The lowest BCUT2D eigenvalue weighted by Crippen LogP contribution is -2.41. The number of amides is 1. The predicted octanol–water partition coefficient (Wildman–Crippen LogP) is 11.0. The van der Waals surface area contributed by atoms with Crippen LogP contribution in [-0.2, 0) is 30.1 Å². The van der Waals surface area contributed by atoms with Crippen LogP contribution in [0.3, 0.4) is 0 Å². The molecule has 0 heterocycles. The highest BCUT2D eigenvalue weighted by Crippen LogP contribution is 2.26. The minimum atomic E-state index is -0.521. The second kappa shape index (κ2) is 28.3. The Balaban J connectivity index is 0. The van der Waals surface area contributed by atoms with Gasteiger partial charge in [0.25, 0.3) is 0 Å². The summed E-state index contributed by atoms with van der Waals surface area (Å²) in [6.45, 7) is 28.6. The van der Waals surface area contributed by atoms with Gasteiger partial charge in [-0.25, -0.2) is 9.59 Å². The van der Waals surface area contributed by atoms with E-state index >= 15 is 0 Å². The van der Waals surface area contributed by atoms with Crippen molar-refractivity contribution < 1.29 is 28.9 Å². The molecule has 2 N–H and O–H groups in total. The van der Waals surface area contributed by atoms with E-state index in [1.54, 1.807) is 6.08 Å². The number of aliphatic hydroxyl groups excluding tert-OH is 1. The topological polar surface area (TPSA) is 106 Å². The van der Waals surface area contributed by atoms with Crippen LogP contribution in [0, 0.1) is 0 Å². The molecule has 0 bridgehead atoms. The number of benzene rings is 2. The first kappa shape index (κ1) is 48.7. The van der Waals surface area contributed by atoms with E-state index in [2.05, 4.69) is 36.6 Å². The van der Waals surface area contributed by atoms with Crippen molar-refractivity contribution in [2.75, 3.05) is 26.4 Å². The lowest BCUT2D eigenvalue weighted by molar-refractivity contribution is 0.133. The van der Waals surface area contributed by atoms with E-state index in [4.69, 9.17) is 19.3 Å². The van der Waals surface area contributed by atoms with Gasteiger partial charge in [0.05, 0.1) is 43.4 Å². The van der Waals surface area contributed by atoms with E-state index < -0.39 is 11.1 Å². The SMILES string of the molecule is C.C=C(C)c1cccc(C(C)(C)N=C=O)c1.C=COCCCCCCO.C=COCCCCCCOC(=O)NC(C)(C)c1cccc(C(=C)C)c1. The maximum atomic E-state index is 12.0. The smallest absolute Gasteiger partial charge is 0.407 e. The summed E-state index contributed by atoms with van der Waals surface area (Å²) in [7, 11) is 0. The van der Waals surface area contributed by atoms with Gasteiger partial charge < -0.3 is 24.6 Å². The van der Waals surface area contributed by atoms with Crippen molar-refractivity contribution >= 4 is 23.3 Å². The molecule has 0 aliphatic rings. The molecule has 0 aromatic heterocycles. The number of rotatable bonds is 21. The molecule has 2 aromatic rings. The average molecular weight is 707 g/mol. The fourth-order valence-corrected chi connectivity index (χ4v) is 4.50. The molecule has 0 radical (unpaired) electrons. The first-order chi connectivity index (χ1) is 23.7. The minimum Gasteiger partial charge on any atom is -0.502 e. The van der Waals surface area contributed by atoms with Crippen molar-refractivity contribution in [3.8, 4) is 0 Å². The average Bonchev–Trinajstić information content (AvgIpc) is 3.08. The maximum absolute atomic E-state index is 12.0. The van der Waals surface area contributed by atoms with Crippen LogP contribution in [-0.4, -0.2) is 43.7 Å².